The third-order valence-corrected chi connectivity index (χ3v) is 6.53. The lowest BCUT2D eigenvalue weighted by atomic mass is 9.88. The van der Waals surface area contributed by atoms with Crippen molar-refractivity contribution in [2.45, 2.75) is 44.3 Å². The van der Waals surface area contributed by atoms with Crippen LogP contribution in [-0.4, -0.2) is 55.2 Å². The summed E-state index contributed by atoms with van der Waals surface area (Å²) in [6.45, 7) is 6.60. The minimum Gasteiger partial charge on any atom is -0.449 e. The van der Waals surface area contributed by atoms with Crippen LogP contribution < -0.4 is 5.32 Å². The number of nitrogens with one attached hydrogen (secondary N) is 1. The summed E-state index contributed by atoms with van der Waals surface area (Å²) in [5, 5.41) is 13.5. The van der Waals surface area contributed by atoms with Gasteiger partial charge in [0.2, 0.25) is 0 Å². The van der Waals surface area contributed by atoms with Crippen molar-refractivity contribution < 1.29 is 28.8 Å². The molecule has 1 atom stereocenters. The summed E-state index contributed by atoms with van der Waals surface area (Å²) in [6, 6.07) is 15.3. The van der Waals surface area contributed by atoms with Gasteiger partial charge in [0.15, 0.2) is 0 Å². The number of fused-ring (bicyclic) bond motifs is 6. The summed E-state index contributed by atoms with van der Waals surface area (Å²) >= 11 is 0. The number of hydrogen-bond donors (Lipinski definition) is 2. The van der Waals surface area contributed by atoms with Gasteiger partial charge in [0.1, 0.15) is 12.6 Å². The fourth-order valence-corrected chi connectivity index (χ4v) is 4.78. The molecule has 2 aromatic carbocycles. The predicted octanol–water partition coefficient (Wildman–Crippen LogP) is 3.40. The molecule has 170 valence electrons. The van der Waals surface area contributed by atoms with Crippen molar-refractivity contribution in [3.63, 3.8) is 0 Å². The van der Waals surface area contributed by atoms with Crippen molar-refractivity contribution in [3.8, 4) is 11.1 Å². The largest absolute Gasteiger partial charge is 0.449 e. The van der Waals surface area contributed by atoms with Crippen LogP contribution in [0.1, 0.15) is 37.8 Å². The van der Waals surface area contributed by atoms with E-state index >= 15 is 0 Å². The lowest BCUT2D eigenvalue weighted by molar-refractivity contribution is -0.481. The molecular weight excluding hydrogens is 410 g/mol. The van der Waals surface area contributed by atoms with Crippen molar-refractivity contribution in [2.24, 2.45) is 5.41 Å². The SMILES string of the molecule is CC12COC([C@@H](NC(=O)OCC3c4ccccc4-c4ccccc43)C(C)(C)O)(OC1)OC2. The molecule has 2 N–H and O–H groups in total. The van der Waals surface area contributed by atoms with Gasteiger partial charge < -0.3 is 29.4 Å². The van der Waals surface area contributed by atoms with Gasteiger partial charge in [-0.2, -0.15) is 0 Å². The summed E-state index contributed by atoms with van der Waals surface area (Å²) in [5.41, 5.74) is 2.98. The van der Waals surface area contributed by atoms with Gasteiger partial charge in [0.25, 0.3) is 0 Å². The molecule has 2 bridgehead atoms. The van der Waals surface area contributed by atoms with Crippen LogP contribution in [0.25, 0.3) is 11.1 Å². The first-order valence-corrected chi connectivity index (χ1v) is 11.0. The topological polar surface area (TPSA) is 86.3 Å². The normalized spacial score (nSPS) is 27.5. The summed E-state index contributed by atoms with van der Waals surface area (Å²) in [4.78, 5) is 12.8. The number of rotatable bonds is 5. The van der Waals surface area contributed by atoms with Gasteiger partial charge in [-0.3, -0.25) is 0 Å². The van der Waals surface area contributed by atoms with Gasteiger partial charge in [-0.15, -0.1) is 0 Å². The van der Waals surface area contributed by atoms with E-state index in [1.807, 2.05) is 31.2 Å². The van der Waals surface area contributed by atoms with E-state index in [1.54, 1.807) is 13.8 Å². The Morgan fingerprint density at radius 2 is 1.56 bits per heavy atom. The van der Waals surface area contributed by atoms with E-state index < -0.39 is 23.7 Å². The zero-order chi connectivity index (χ0) is 22.6. The van der Waals surface area contributed by atoms with Gasteiger partial charge in [0.05, 0.1) is 25.4 Å². The molecule has 4 aliphatic rings. The molecule has 0 radical (unpaired) electrons. The number of benzene rings is 2. The van der Waals surface area contributed by atoms with Crippen molar-refractivity contribution >= 4 is 6.09 Å². The molecule has 3 saturated heterocycles. The van der Waals surface area contributed by atoms with Crippen molar-refractivity contribution in [1.82, 2.24) is 5.32 Å². The molecule has 1 amide bonds. The predicted molar refractivity (Wildman–Crippen MR) is 117 cm³/mol. The second-order valence-corrected chi connectivity index (χ2v) is 9.84. The smallest absolute Gasteiger partial charge is 0.407 e. The highest BCUT2D eigenvalue weighted by Crippen LogP contribution is 2.45. The molecule has 32 heavy (non-hydrogen) atoms. The number of aliphatic hydroxyl groups is 1. The van der Waals surface area contributed by atoms with Gasteiger partial charge in [-0.05, 0) is 36.1 Å². The van der Waals surface area contributed by atoms with Crippen molar-refractivity contribution in [1.29, 1.82) is 0 Å². The maximum Gasteiger partial charge on any atom is 0.407 e. The Balaban J connectivity index is 1.31. The number of carbonyl (C=O) groups excluding carboxylic acids is 1. The molecular formula is C25H29NO6. The monoisotopic (exact) mass is 439 g/mol. The Bertz CT molecular complexity index is 959. The van der Waals surface area contributed by atoms with Crippen LogP contribution in [-0.2, 0) is 18.9 Å². The number of hydrogen-bond acceptors (Lipinski definition) is 6. The average molecular weight is 440 g/mol. The number of alkyl carbamates (subject to hydrolysis) is 1. The van der Waals surface area contributed by atoms with Crippen molar-refractivity contribution in [3.05, 3.63) is 59.7 Å². The molecule has 3 fully saturated rings. The van der Waals surface area contributed by atoms with Crippen LogP contribution in [0, 0.1) is 5.41 Å². The van der Waals surface area contributed by atoms with Gasteiger partial charge in [-0.1, -0.05) is 55.5 Å². The summed E-state index contributed by atoms with van der Waals surface area (Å²) in [6.07, 6.45) is -0.664. The van der Waals surface area contributed by atoms with E-state index in [9.17, 15) is 9.90 Å². The molecule has 1 aliphatic carbocycles. The standard InChI is InChI=1S/C25H29NO6/c1-23(2,28)21(25-30-13-24(3,14-31-25)15-32-25)26-22(27)29-12-20-18-10-6-4-8-16(18)17-9-5-7-11-19(17)20/h4-11,20-21,28H,12-15H2,1-3H3,(H,26,27)/t21-,24?,25?/m0/s1. The highest BCUT2D eigenvalue weighted by Gasteiger charge is 2.59. The lowest BCUT2D eigenvalue weighted by Gasteiger charge is -2.54. The highest BCUT2D eigenvalue weighted by molar-refractivity contribution is 5.79. The van der Waals surface area contributed by atoms with E-state index in [2.05, 4.69) is 29.6 Å². The number of ether oxygens (including phenoxy) is 4. The molecule has 3 heterocycles. The maximum atomic E-state index is 12.8. The molecule has 0 saturated carbocycles. The van der Waals surface area contributed by atoms with Gasteiger partial charge in [0, 0.05) is 11.3 Å². The molecule has 3 aliphatic heterocycles. The molecule has 2 aromatic rings. The molecule has 7 nitrogen and oxygen atoms in total. The zero-order valence-corrected chi connectivity index (χ0v) is 18.6. The summed E-state index contributed by atoms with van der Waals surface area (Å²) in [5.74, 6) is -1.59. The van der Waals surface area contributed by atoms with Crippen LogP contribution >= 0.6 is 0 Å². The third kappa shape index (κ3) is 3.59. The third-order valence-electron chi connectivity index (χ3n) is 6.53. The quantitative estimate of drug-likeness (QED) is 0.743. The maximum absolute atomic E-state index is 12.8. The summed E-state index contributed by atoms with van der Waals surface area (Å²) in [7, 11) is 0. The molecule has 0 unspecified atom stereocenters. The van der Waals surface area contributed by atoms with E-state index in [-0.39, 0.29) is 17.9 Å². The fraction of sp³-hybridized carbons (Fsp3) is 0.480. The van der Waals surface area contributed by atoms with E-state index in [0.29, 0.717) is 19.8 Å². The Hall–Kier alpha value is -2.45. The van der Waals surface area contributed by atoms with Crippen LogP contribution in [0.15, 0.2) is 48.5 Å². The van der Waals surface area contributed by atoms with Crippen LogP contribution in [0.4, 0.5) is 4.79 Å². The van der Waals surface area contributed by atoms with Crippen LogP contribution in [0.5, 0.6) is 0 Å². The van der Waals surface area contributed by atoms with E-state index in [1.165, 1.54) is 0 Å². The van der Waals surface area contributed by atoms with Crippen LogP contribution in [0.3, 0.4) is 0 Å². The fourth-order valence-electron chi connectivity index (χ4n) is 4.78. The minimum absolute atomic E-state index is 0.0549. The number of carbonyl (C=O) groups is 1. The molecule has 6 rings (SSSR count). The average Bonchev–Trinajstić information content (AvgIpc) is 3.10. The number of amides is 1. The second kappa shape index (κ2) is 7.56. The Morgan fingerprint density at radius 1 is 1.06 bits per heavy atom. The molecule has 0 spiro atoms. The summed E-state index contributed by atoms with van der Waals surface area (Å²) < 4.78 is 23.2. The first kappa shape index (κ1) is 21.4. The van der Waals surface area contributed by atoms with E-state index in [4.69, 9.17) is 18.9 Å². The zero-order valence-electron chi connectivity index (χ0n) is 18.6. The Morgan fingerprint density at radius 3 is 2.06 bits per heavy atom. The van der Waals surface area contributed by atoms with E-state index in [0.717, 1.165) is 22.3 Å². The highest BCUT2D eigenvalue weighted by atomic mass is 16.9. The Kier molecular flexibility index (Phi) is 5.05. The van der Waals surface area contributed by atoms with Gasteiger partial charge >= 0.3 is 12.1 Å². The van der Waals surface area contributed by atoms with Crippen molar-refractivity contribution in [2.75, 3.05) is 26.4 Å². The Labute approximate surface area is 187 Å². The lowest BCUT2D eigenvalue weighted by Crippen LogP contribution is -2.72. The van der Waals surface area contributed by atoms with Gasteiger partial charge in [-0.25, -0.2) is 4.79 Å². The minimum atomic E-state index is -1.54. The first-order chi connectivity index (χ1) is 15.2. The molecule has 0 aromatic heterocycles. The first-order valence-electron chi connectivity index (χ1n) is 11.0. The second-order valence-electron chi connectivity index (χ2n) is 9.84. The van der Waals surface area contributed by atoms with Crippen LogP contribution in [0.2, 0.25) is 0 Å². The molecule has 7 heteroatoms.